The molecule has 0 saturated heterocycles. The number of hydrogen-bond donors (Lipinski definition) is 2. The molecular formula is C16H15F3N2O2S. The number of amides is 2. The van der Waals surface area contributed by atoms with E-state index in [-0.39, 0.29) is 11.3 Å². The van der Waals surface area contributed by atoms with E-state index in [2.05, 4.69) is 5.32 Å². The second kappa shape index (κ2) is 7.04. The fraction of sp³-hybridized carbons (Fsp3) is 0.250. The second-order valence-electron chi connectivity index (χ2n) is 5.12. The summed E-state index contributed by atoms with van der Waals surface area (Å²) in [6, 6.07) is 7.64. The monoisotopic (exact) mass is 356 g/mol. The van der Waals surface area contributed by atoms with E-state index < -0.39 is 24.5 Å². The highest BCUT2D eigenvalue weighted by Gasteiger charge is 2.28. The molecule has 128 valence electrons. The van der Waals surface area contributed by atoms with Crippen molar-refractivity contribution in [2.75, 3.05) is 11.9 Å². The van der Waals surface area contributed by atoms with Crippen LogP contribution in [0.15, 0.2) is 30.3 Å². The zero-order valence-corrected chi connectivity index (χ0v) is 13.8. The molecule has 1 heterocycles. The van der Waals surface area contributed by atoms with Crippen molar-refractivity contribution in [1.29, 1.82) is 0 Å². The first kappa shape index (κ1) is 18.0. The Labute approximate surface area is 140 Å². The van der Waals surface area contributed by atoms with Crippen molar-refractivity contribution in [1.82, 2.24) is 5.32 Å². The van der Waals surface area contributed by atoms with Crippen molar-refractivity contribution in [3.63, 3.8) is 0 Å². The average molecular weight is 356 g/mol. The summed E-state index contributed by atoms with van der Waals surface area (Å²) < 4.78 is 36.7. The molecule has 2 N–H and O–H groups in total. The molecule has 0 saturated carbocycles. The van der Waals surface area contributed by atoms with E-state index in [1.54, 1.807) is 24.4 Å². The highest BCUT2D eigenvalue weighted by Crippen LogP contribution is 2.23. The maximum atomic E-state index is 12.3. The number of aryl methyl sites for hydroxylation is 2. The third-order valence-corrected chi connectivity index (χ3v) is 4.12. The van der Waals surface area contributed by atoms with Crippen molar-refractivity contribution < 1.29 is 22.8 Å². The van der Waals surface area contributed by atoms with Crippen LogP contribution < -0.4 is 10.6 Å². The summed E-state index contributed by atoms with van der Waals surface area (Å²) in [5.74, 6) is -1.31. The molecule has 1 aromatic heterocycles. The van der Waals surface area contributed by atoms with E-state index in [0.29, 0.717) is 5.56 Å². The number of rotatable bonds is 4. The van der Waals surface area contributed by atoms with Gasteiger partial charge in [-0.3, -0.25) is 9.59 Å². The minimum absolute atomic E-state index is 0.0281. The molecule has 0 radical (unpaired) electrons. The number of carbonyl (C=O) groups is 2. The van der Waals surface area contributed by atoms with E-state index in [1.165, 1.54) is 29.5 Å². The lowest BCUT2D eigenvalue weighted by Gasteiger charge is -2.12. The van der Waals surface area contributed by atoms with Gasteiger partial charge in [0.05, 0.1) is 16.8 Å². The molecule has 0 spiro atoms. The number of benzene rings is 1. The third-order valence-electron chi connectivity index (χ3n) is 3.15. The standard InChI is InChI=1S/C16H15F3N2O2S/c1-9-7-12(10(2)24-9)15(23)21-13-6-4-3-5-11(13)14(22)20-8-16(17,18)19/h3-7H,8H2,1-2H3,(H,20,22)(H,21,23). The lowest BCUT2D eigenvalue weighted by Crippen LogP contribution is -2.34. The van der Waals surface area contributed by atoms with Crippen LogP contribution in [0.1, 0.15) is 30.5 Å². The molecule has 2 amide bonds. The highest BCUT2D eigenvalue weighted by atomic mass is 32.1. The summed E-state index contributed by atoms with van der Waals surface area (Å²) in [5.41, 5.74) is 0.605. The molecule has 0 atom stereocenters. The molecule has 0 fully saturated rings. The van der Waals surface area contributed by atoms with Crippen LogP contribution in [0.5, 0.6) is 0 Å². The first-order chi connectivity index (χ1) is 11.2. The van der Waals surface area contributed by atoms with Gasteiger partial charge in [0, 0.05) is 9.75 Å². The van der Waals surface area contributed by atoms with Gasteiger partial charge in [0.25, 0.3) is 11.8 Å². The molecule has 2 aromatic rings. The number of thiophene rings is 1. The molecule has 2 rings (SSSR count). The molecule has 1 aromatic carbocycles. The highest BCUT2D eigenvalue weighted by molar-refractivity contribution is 7.12. The van der Waals surface area contributed by atoms with Crippen LogP contribution in [0.25, 0.3) is 0 Å². The number of alkyl halides is 3. The normalized spacial score (nSPS) is 11.2. The molecule has 0 bridgehead atoms. The van der Waals surface area contributed by atoms with Crippen LogP contribution in [-0.4, -0.2) is 24.5 Å². The average Bonchev–Trinajstić information content (AvgIpc) is 2.83. The number of carbonyl (C=O) groups excluding carboxylic acids is 2. The van der Waals surface area contributed by atoms with Crippen LogP contribution in [0.3, 0.4) is 0 Å². The van der Waals surface area contributed by atoms with E-state index >= 15 is 0 Å². The molecule has 24 heavy (non-hydrogen) atoms. The SMILES string of the molecule is Cc1cc(C(=O)Nc2ccccc2C(=O)NCC(F)(F)F)c(C)s1. The predicted octanol–water partition coefficient (Wildman–Crippen LogP) is 3.91. The number of nitrogens with one attached hydrogen (secondary N) is 2. The van der Waals surface area contributed by atoms with Crippen molar-refractivity contribution in [3.05, 3.63) is 51.2 Å². The molecule has 4 nitrogen and oxygen atoms in total. The smallest absolute Gasteiger partial charge is 0.343 e. The number of hydrogen-bond acceptors (Lipinski definition) is 3. The Morgan fingerprint density at radius 1 is 1.08 bits per heavy atom. The number of halogens is 3. The van der Waals surface area contributed by atoms with Gasteiger partial charge in [0.2, 0.25) is 0 Å². The second-order valence-corrected chi connectivity index (χ2v) is 6.58. The van der Waals surface area contributed by atoms with Crippen molar-refractivity contribution >= 4 is 28.8 Å². The van der Waals surface area contributed by atoms with Crippen LogP contribution in [0, 0.1) is 13.8 Å². The first-order valence-corrected chi connectivity index (χ1v) is 7.81. The minimum Gasteiger partial charge on any atom is -0.343 e. The van der Waals surface area contributed by atoms with Gasteiger partial charge in [-0.25, -0.2) is 0 Å². The summed E-state index contributed by atoms with van der Waals surface area (Å²) in [4.78, 5) is 26.1. The molecule has 0 aliphatic rings. The molecular weight excluding hydrogens is 341 g/mol. The molecule has 0 unspecified atom stereocenters. The summed E-state index contributed by atoms with van der Waals surface area (Å²) in [5, 5.41) is 4.38. The van der Waals surface area contributed by atoms with Crippen LogP contribution in [-0.2, 0) is 0 Å². The Morgan fingerprint density at radius 2 is 1.75 bits per heavy atom. The maximum absolute atomic E-state index is 12.3. The van der Waals surface area contributed by atoms with Gasteiger partial charge < -0.3 is 10.6 Å². The molecule has 0 aliphatic heterocycles. The Hall–Kier alpha value is -2.35. The summed E-state index contributed by atoms with van der Waals surface area (Å²) in [7, 11) is 0. The van der Waals surface area contributed by atoms with E-state index in [0.717, 1.165) is 9.75 Å². The Morgan fingerprint density at radius 3 is 2.33 bits per heavy atom. The van der Waals surface area contributed by atoms with Gasteiger partial charge >= 0.3 is 6.18 Å². The van der Waals surface area contributed by atoms with Crippen LogP contribution in [0.4, 0.5) is 18.9 Å². The van der Waals surface area contributed by atoms with Crippen LogP contribution >= 0.6 is 11.3 Å². The molecule has 8 heteroatoms. The lowest BCUT2D eigenvalue weighted by molar-refractivity contribution is -0.123. The fourth-order valence-electron chi connectivity index (χ4n) is 2.11. The largest absolute Gasteiger partial charge is 0.405 e. The fourth-order valence-corrected chi connectivity index (χ4v) is 3.03. The van der Waals surface area contributed by atoms with E-state index in [9.17, 15) is 22.8 Å². The summed E-state index contributed by atoms with van der Waals surface area (Å²) >= 11 is 1.46. The van der Waals surface area contributed by atoms with E-state index in [4.69, 9.17) is 0 Å². The number of para-hydroxylation sites is 1. The summed E-state index contributed by atoms with van der Waals surface area (Å²) in [6.45, 7) is 2.23. The quantitative estimate of drug-likeness (QED) is 0.873. The molecule has 0 aliphatic carbocycles. The lowest BCUT2D eigenvalue weighted by atomic mass is 10.1. The maximum Gasteiger partial charge on any atom is 0.405 e. The van der Waals surface area contributed by atoms with E-state index in [1.807, 2.05) is 6.92 Å². The third kappa shape index (κ3) is 4.58. The van der Waals surface area contributed by atoms with Crippen molar-refractivity contribution in [2.24, 2.45) is 0 Å². The summed E-state index contributed by atoms with van der Waals surface area (Å²) in [6.07, 6.45) is -4.50. The van der Waals surface area contributed by atoms with Gasteiger partial charge in [0.1, 0.15) is 6.54 Å². The predicted molar refractivity (Wildman–Crippen MR) is 86.6 cm³/mol. The number of anilines is 1. The minimum atomic E-state index is -4.50. The van der Waals surface area contributed by atoms with Crippen LogP contribution in [0.2, 0.25) is 0 Å². The Bertz CT molecular complexity index is 769. The Kier molecular flexibility index (Phi) is 5.28. The zero-order valence-electron chi connectivity index (χ0n) is 13.0. The van der Waals surface area contributed by atoms with Crippen molar-refractivity contribution in [2.45, 2.75) is 20.0 Å². The van der Waals surface area contributed by atoms with Crippen molar-refractivity contribution in [3.8, 4) is 0 Å². The van der Waals surface area contributed by atoms with Gasteiger partial charge in [-0.05, 0) is 32.0 Å². The Balaban J connectivity index is 2.18. The van der Waals surface area contributed by atoms with Gasteiger partial charge in [0.15, 0.2) is 0 Å². The first-order valence-electron chi connectivity index (χ1n) is 7.00. The zero-order chi connectivity index (χ0) is 17.9. The van der Waals surface area contributed by atoms with Gasteiger partial charge in [-0.2, -0.15) is 13.2 Å². The van der Waals surface area contributed by atoms with Gasteiger partial charge in [-0.1, -0.05) is 12.1 Å². The van der Waals surface area contributed by atoms with Gasteiger partial charge in [-0.15, -0.1) is 11.3 Å². The topological polar surface area (TPSA) is 58.2 Å².